The number of hydrogen-bond acceptors (Lipinski definition) is 6. The third kappa shape index (κ3) is 3.54. The number of esters is 1. The number of benzene rings is 2. The number of aromatic hydroxyl groups is 4. The van der Waals surface area contributed by atoms with Gasteiger partial charge in [0.05, 0.1) is 12.2 Å². The van der Waals surface area contributed by atoms with Gasteiger partial charge in [0, 0.05) is 22.0 Å². The van der Waals surface area contributed by atoms with Crippen LogP contribution in [0.25, 0.3) is 11.6 Å². The van der Waals surface area contributed by atoms with Gasteiger partial charge in [-0.1, -0.05) is 45.9 Å². The van der Waals surface area contributed by atoms with E-state index in [0.717, 1.165) is 24.0 Å². The monoisotopic (exact) mass is 450 g/mol. The molecule has 0 saturated heterocycles. The summed E-state index contributed by atoms with van der Waals surface area (Å²) in [4.78, 5) is 12.6. The van der Waals surface area contributed by atoms with Crippen LogP contribution in [0.3, 0.4) is 0 Å². The summed E-state index contributed by atoms with van der Waals surface area (Å²) in [5.41, 5.74) is 2.23. The third-order valence-electron chi connectivity index (χ3n) is 7.41. The first-order valence-electron chi connectivity index (χ1n) is 11.2. The summed E-state index contributed by atoms with van der Waals surface area (Å²) in [5.74, 6) is -1.41. The zero-order valence-corrected chi connectivity index (χ0v) is 19.3. The first kappa shape index (κ1) is 22.8. The second kappa shape index (κ2) is 7.87. The van der Waals surface area contributed by atoms with E-state index in [-0.39, 0.29) is 41.1 Å². The molecule has 6 nitrogen and oxygen atoms in total. The quantitative estimate of drug-likeness (QED) is 0.351. The first-order chi connectivity index (χ1) is 15.5. The zero-order chi connectivity index (χ0) is 24.1. The van der Waals surface area contributed by atoms with E-state index < -0.39 is 16.8 Å². The second-order valence-electron chi connectivity index (χ2n) is 9.81. The van der Waals surface area contributed by atoms with Gasteiger partial charge in [-0.25, -0.2) is 4.79 Å². The summed E-state index contributed by atoms with van der Waals surface area (Å²) >= 11 is 0. The van der Waals surface area contributed by atoms with Crippen LogP contribution in [-0.2, 0) is 4.74 Å². The SMILES string of the molecule is CC(C)c1cc2c(c(O)c1O)C1=CCC[C@](C)(COC(=O)c3ccc(O)c(O)c3)[C@@]1(C)C=C2. The molecule has 0 saturated carbocycles. The Morgan fingerprint density at radius 2 is 1.79 bits per heavy atom. The lowest BCUT2D eigenvalue weighted by molar-refractivity contribution is 0.00918. The van der Waals surface area contributed by atoms with Crippen molar-refractivity contribution in [2.24, 2.45) is 10.8 Å². The van der Waals surface area contributed by atoms with Gasteiger partial charge in [-0.05, 0) is 54.2 Å². The lowest BCUT2D eigenvalue weighted by Gasteiger charge is -2.50. The van der Waals surface area contributed by atoms with E-state index in [1.54, 1.807) is 0 Å². The highest BCUT2D eigenvalue weighted by Gasteiger charge is 2.50. The molecule has 0 unspecified atom stereocenters. The van der Waals surface area contributed by atoms with Crippen LogP contribution in [0.4, 0.5) is 0 Å². The lowest BCUT2D eigenvalue weighted by Crippen LogP contribution is -2.44. The van der Waals surface area contributed by atoms with E-state index in [9.17, 15) is 25.2 Å². The molecular weight excluding hydrogens is 420 g/mol. The maximum atomic E-state index is 12.6. The van der Waals surface area contributed by atoms with Crippen molar-refractivity contribution in [3.63, 3.8) is 0 Å². The summed E-state index contributed by atoms with van der Waals surface area (Å²) in [6, 6.07) is 5.75. The van der Waals surface area contributed by atoms with Gasteiger partial charge in [0.1, 0.15) is 0 Å². The molecule has 2 aliphatic rings. The molecule has 174 valence electrons. The summed E-state index contributed by atoms with van der Waals surface area (Å²) < 4.78 is 5.67. The van der Waals surface area contributed by atoms with Crippen molar-refractivity contribution in [3.05, 3.63) is 58.7 Å². The van der Waals surface area contributed by atoms with Gasteiger partial charge >= 0.3 is 5.97 Å². The molecule has 0 radical (unpaired) electrons. The lowest BCUT2D eigenvalue weighted by atomic mass is 9.54. The van der Waals surface area contributed by atoms with Crippen molar-refractivity contribution in [3.8, 4) is 23.0 Å². The van der Waals surface area contributed by atoms with E-state index >= 15 is 0 Å². The van der Waals surface area contributed by atoms with Crippen LogP contribution in [-0.4, -0.2) is 33.0 Å². The van der Waals surface area contributed by atoms with Crippen LogP contribution in [0.1, 0.15) is 73.5 Å². The van der Waals surface area contributed by atoms with E-state index in [4.69, 9.17) is 4.74 Å². The summed E-state index contributed by atoms with van der Waals surface area (Å²) in [6.45, 7) is 8.17. The molecule has 0 bridgehead atoms. The van der Waals surface area contributed by atoms with Gasteiger partial charge in [0.15, 0.2) is 23.0 Å². The fourth-order valence-corrected chi connectivity index (χ4v) is 4.98. The van der Waals surface area contributed by atoms with Gasteiger partial charge in [-0.15, -0.1) is 0 Å². The highest BCUT2D eigenvalue weighted by molar-refractivity contribution is 5.91. The Bertz CT molecular complexity index is 1190. The molecule has 2 aromatic rings. The fourth-order valence-electron chi connectivity index (χ4n) is 4.98. The fraction of sp³-hybridized carbons (Fsp3) is 0.370. The Morgan fingerprint density at radius 1 is 1.06 bits per heavy atom. The minimum atomic E-state index is -0.589. The molecule has 0 amide bonds. The largest absolute Gasteiger partial charge is 0.504 e. The Balaban J connectivity index is 1.67. The molecule has 0 aliphatic heterocycles. The number of phenols is 4. The minimum absolute atomic E-state index is 0.0623. The van der Waals surface area contributed by atoms with E-state index in [0.29, 0.717) is 11.1 Å². The Morgan fingerprint density at radius 3 is 2.45 bits per heavy atom. The molecule has 0 heterocycles. The van der Waals surface area contributed by atoms with Crippen molar-refractivity contribution >= 4 is 17.6 Å². The maximum Gasteiger partial charge on any atom is 0.338 e. The zero-order valence-electron chi connectivity index (χ0n) is 19.3. The van der Waals surface area contributed by atoms with Gasteiger partial charge in [0.25, 0.3) is 0 Å². The highest BCUT2D eigenvalue weighted by atomic mass is 16.5. The predicted molar refractivity (Wildman–Crippen MR) is 126 cm³/mol. The van der Waals surface area contributed by atoms with Gasteiger partial charge in [-0.3, -0.25) is 0 Å². The average Bonchev–Trinajstić information content (AvgIpc) is 2.77. The van der Waals surface area contributed by atoms with Crippen molar-refractivity contribution in [1.29, 1.82) is 0 Å². The smallest absolute Gasteiger partial charge is 0.338 e. The number of phenolic OH excluding ortho intramolecular Hbond substituents is 4. The van der Waals surface area contributed by atoms with Crippen LogP contribution in [0.15, 0.2) is 36.4 Å². The molecule has 0 aromatic heterocycles. The molecule has 2 atom stereocenters. The molecule has 0 spiro atoms. The first-order valence-corrected chi connectivity index (χ1v) is 11.2. The van der Waals surface area contributed by atoms with Gasteiger partial charge < -0.3 is 25.2 Å². The Labute approximate surface area is 193 Å². The number of ether oxygens (including phenoxy) is 1. The summed E-state index contributed by atoms with van der Waals surface area (Å²) in [6.07, 6.45) is 7.66. The number of fused-ring (bicyclic) bond motifs is 3. The molecule has 2 aliphatic carbocycles. The topological polar surface area (TPSA) is 107 Å². The summed E-state index contributed by atoms with van der Waals surface area (Å²) in [5, 5.41) is 40.8. The molecule has 2 aromatic carbocycles. The van der Waals surface area contributed by atoms with Crippen molar-refractivity contribution < 1.29 is 30.0 Å². The average molecular weight is 451 g/mol. The minimum Gasteiger partial charge on any atom is -0.504 e. The molecular formula is C27H30O6. The van der Waals surface area contributed by atoms with Crippen LogP contribution >= 0.6 is 0 Å². The number of carbonyl (C=O) groups is 1. The van der Waals surface area contributed by atoms with Crippen molar-refractivity contribution in [2.75, 3.05) is 6.61 Å². The van der Waals surface area contributed by atoms with Gasteiger partial charge in [0.2, 0.25) is 0 Å². The normalized spacial score (nSPS) is 23.6. The molecule has 6 heteroatoms. The number of rotatable bonds is 4. The standard InChI is InChI=1S/C27H30O6/c1-15(2)18-12-16-9-11-27(4)19(22(16)24(31)23(18)30)6-5-10-26(27,3)14-33-25(32)17-7-8-20(28)21(29)13-17/h6-9,11-13,15,28-31H,5,10,14H2,1-4H3/t26-,27+/m1/s1. The number of carbonyl (C=O) groups excluding carboxylic acids is 1. The van der Waals surface area contributed by atoms with E-state index in [2.05, 4.69) is 26.0 Å². The van der Waals surface area contributed by atoms with Crippen LogP contribution in [0.2, 0.25) is 0 Å². The number of allylic oxidation sites excluding steroid dienone is 3. The second-order valence-corrected chi connectivity index (χ2v) is 9.81. The van der Waals surface area contributed by atoms with Gasteiger partial charge in [-0.2, -0.15) is 0 Å². The maximum absolute atomic E-state index is 12.6. The Kier molecular flexibility index (Phi) is 5.43. The molecule has 33 heavy (non-hydrogen) atoms. The Hall–Kier alpha value is -3.41. The summed E-state index contributed by atoms with van der Waals surface area (Å²) in [7, 11) is 0. The van der Waals surface area contributed by atoms with Crippen LogP contribution in [0, 0.1) is 10.8 Å². The van der Waals surface area contributed by atoms with Crippen molar-refractivity contribution in [1.82, 2.24) is 0 Å². The van der Waals surface area contributed by atoms with Crippen LogP contribution < -0.4 is 0 Å². The van der Waals surface area contributed by atoms with E-state index in [1.807, 2.05) is 26.0 Å². The number of hydrogen-bond donors (Lipinski definition) is 4. The van der Waals surface area contributed by atoms with Crippen molar-refractivity contribution in [2.45, 2.75) is 46.5 Å². The predicted octanol–water partition coefficient (Wildman–Crippen LogP) is 5.71. The molecule has 0 fully saturated rings. The highest BCUT2D eigenvalue weighted by Crippen LogP contribution is 2.60. The van der Waals surface area contributed by atoms with Crippen LogP contribution in [0.5, 0.6) is 23.0 Å². The third-order valence-corrected chi connectivity index (χ3v) is 7.41. The molecule has 4 rings (SSSR count). The van der Waals surface area contributed by atoms with E-state index in [1.165, 1.54) is 18.2 Å². The molecule has 4 N–H and O–H groups in total.